The Labute approximate surface area is 236 Å². The van der Waals surface area contributed by atoms with Crippen LogP contribution in [0.25, 0.3) is 21.5 Å². The summed E-state index contributed by atoms with van der Waals surface area (Å²) in [5.41, 5.74) is 3.25. The number of nitrogens with one attached hydrogen (secondary N) is 1. The summed E-state index contributed by atoms with van der Waals surface area (Å²) in [5.74, 6) is 0.725. The van der Waals surface area contributed by atoms with Gasteiger partial charge in [0.15, 0.2) is 4.21 Å². The lowest BCUT2D eigenvalue weighted by atomic mass is 10.1. The summed E-state index contributed by atoms with van der Waals surface area (Å²) in [6, 6.07) is 15.5. The van der Waals surface area contributed by atoms with Gasteiger partial charge in [0.05, 0.1) is 24.4 Å². The van der Waals surface area contributed by atoms with Crippen molar-refractivity contribution in [3.63, 3.8) is 0 Å². The summed E-state index contributed by atoms with van der Waals surface area (Å²) in [6.45, 7) is 6.04. The molecule has 0 saturated carbocycles. The molecule has 204 valence electrons. The van der Waals surface area contributed by atoms with Crippen molar-refractivity contribution in [2.45, 2.75) is 30.0 Å². The molecule has 0 radical (unpaired) electrons. The molecule has 4 heterocycles. The van der Waals surface area contributed by atoms with E-state index in [0.717, 1.165) is 60.4 Å². The molecule has 0 bridgehead atoms. The van der Waals surface area contributed by atoms with Crippen LogP contribution in [-0.2, 0) is 14.8 Å². The van der Waals surface area contributed by atoms with Crippen LogP contribution in [0.5, 0.6) is 0 Å². The number of aryl methyl sites for hydroxylation is 1. The van der Waals surface area contributed by atoms with Crippen molar-refractivity contribution in [1.82, 2.24) is 19.7 Å². The van der Waals surface area contributed by atoms with Crippen LogP contribution in [0.3, 0.4) is 0 Å². The number of benzene rings is 2. The zero-order valence-corrected chi connectivity index (χ0v) is 23.9. The van der Waals surface area contributed by atoms with E-state index < -0.39 is 10.0 Å². The Morgan fingerprint density at radius 2 is 1.82 bits per heavy atom. The maximum Gasteiger partial charge on any atom is 0.252 e. The smallest absolute Gasteiger partial charge is 0.252 e. The van der Waals surface area contributed by atoms with Gasteiger partial charge in [-0.3, -0.25) is 0 Å². The molecule has 1 atom stereocenters. The van der Waals surface area contributed by atoms with Crippen LogP contribution in [-0.4, -0.2) is 68.8 Å². The van der Waals surface area contributed by atoms with Crippen LogP contribution in [0.2, 0.25) is 5.28 Å². The lowest BCUT2D eigenvalue weighted by molar-refractivity contribution is 0.122. The minimum absolute atomic E-state index is 0.174. The molecule has 2 aliphatic heterocycles. The molecule has 2 aromatic carbocycles. The monoisotopic (exact) mass is 584 g/mol. The molecule has 9 nitrogen and oxygen atoms in total. The van der Waals surface area contributed by atoms with E-state index in [2.05, 4.69) is 35.5 Å². The lowest BCUT2D eigenvalue weighted by Gasteiger charge is -2.34. The Morgan fingerprint density at radius 1 is 1.03 bits per heavy atom. The van der Waals surface area contributed by atoms with Crippen LogP contribution < -0.4 is 14.5 Å². The number of halogens is 1. The van der Waals surface area contributed by atoms with Crippen molar-refractivity contribution in [3.8, 4) is 10.6 Å². The average molecular weight is 585 g/mol. The highest BCUT2D eigenvalue weighted by Crippen LogP contribution is 2.33. The van der Waals surface area contributed by atoms with Crippen LogP contribution in [0, 0.1) is 6.92 Å². The van der Waals surface area contributed by atoms with E-state index in [-0.39, 0.29) is 15.5 Å². The number of ether oxygens (including phenoxy) is 1. The van der Waals surface area contributed by atoms with Crippen molar-refractivity contribution < 1.29 is 13.2 Å². The summed E-state index contributed by atoms with van der Waals surface area (Å²) < 4.78 is 35.6. The molecule has 2 saturated heterocycles. The predicted octanol–water partition coefficient (Wildman–Crippen LogP) is 4.50. The Kier molecular flexibility index (Phi) is 7.43. The Hall–Kier alpha value is -2.83. The van der Waals surface area contributed by atoms with Gasteiger partial charge < -0.3 is 14.5 Å². The van der Waals surface area contributed by atoms with E-state index in [4.69, 9.17) is 16.3 Å². The Balaban J connectivity index is 1.23. The normalized spacial score (nSPS) is 18.6. The quantitative estimate of drug-likeness (QED) is 0.331. The molecule has 4 aromatic rings. The Bertz CT molecular complexity index is 1590. The SMILES string of the molecule is Cc1nc(-c2ccccc2)sc1S(=O)(=O)NC1CCCN(c2nc(Cl)nc3cc(N4CCOCC4)ccc23)C1. The van der Waals surface area contributed by atoms with Crippen molar-refractivity contribution >= 4 is 55.4 Å². The summed E-state index contributed by atoms with van der Waals surface area (Å²) in [7, 11) is -3.75. The van der Waals surface area contributed by atoms with E-state index in [9.17, 15) is 8.42 Å². The zero-order valence-electron chi connectivity index (χ0n) is 21.5. The first-order valence-electron chi connectivity index (χ1n) is 13.0. The highest BCUT2D eigenvalue weighted by Gasteiger charge is 2.30. The van der Waals surface area contributed by atoms with Gasteiger partial charge in [-0.1, -0.05) is 30.3 Å². The number of rotatable bonds is 6. The molecular weight excluding hydrogens is 556 g/mol. The molecule has 1 unspecified atom stereocenters. The number of fused-ring (bicyclic) bond motifs is 1. The highest BCUT2D eigenvalue weighted by molar-refractivity contribution is 7.91. The number of aromatic nitrogens is 3. The van der Waals surface area contributed by atoms with Gasteiger partial charge in [0.2, 0.25) is 5.28 Å². The fourth-order valence-electron chi connectivity index (χ4n) is 5.21. The summed E-state index contributed by atoms with van der Waals surface area (Å²) in [6.07, 6.45) is 1.55. The maximum atomic E-state index is 13.4. The van der Waals surface area contributed by atoms with E-state index in [1.54, 1.807) is 6.92 Å². The third-order valence-electron chi connectivity index (χ3n) is 7.07. The van der Waals surface area contributed by atoms with Crippen LogP contribution >= 0.6 is 22.9 Å². The molecular formula is C27H29ClN6O3S2. The Morgan fingerprint density at radius 3 is 2.62 bits per heavy atom. The second-order valence-electron chi connectivity index (χ2n) is 9.78. The number of nitrogens with zero attached hydrogens (tertiary/aromatic N) is 5. The van der Waals surface area contributed by atoms with Gasteiger partial charge in [0.25, 0.3) is 10.0 Å². The second kappa shape index (κ2) is 11.0. The minimum Gasteiger partial charge on any atom is -0.378 e. The van der Waals surface area contributed by atoms with Crippen molar-refractivity contribution in [1.29, 1.82) is 0 Å². The lowest BCUT2D eigenvalue weighted by Crippen LogP contribution is -2.48. The van der Waals surface area contributed by atoms with Gasteiger partial charge in [0.1, 0.15) is 10.8 Å². The molecule has 12 heteroatoms. The molecule has 0 aliphatic carbocycles. The third-order valence-corrected chi connectivity index (χ3v) is 10.6. The fourth-order valence-corrected chi connectivity index (χ4v) is 8.18. The molecule has 0 spiro atoms. The topological polar surface area (TPSA) is 101 Å². The van der Waals surface area contributed by atoms with Crippen LogP contribution in [0.15, 0.2) is 52.7 Å². The summed E-state index contributed by atoms with van der Waals surface area (Å²) in [4.78, 5) is 18.0. The first-order valence-corrected chi connectivity index (χ1v) is 15.7. The van der Waals surface area contributed by atoms with Gasteiger partial charge in [-0.05, 0) is 49.6 Å². The number of morpholine rings is 1. The molecule has 2 aromatic heterocycles. The number of piperidine rings is 1. The third kappa shape index (κ3) is 5.59. The average Bonchev–Trinajstić information content (AvgIpc) is 3.36. The molecule has 2 fully saturated rings. The molecule has 1 N–H and O–H groups in total. The van der Waals surface area contributed by atoms with Crippen molar-refractivity contribution in [3.05, 3.63) is 59.5 Å². The van der Waals surface area contributed by atoms with Crippen LogP contribution in [0.4, 0.5) is 11.5 Å². The van der Waals surface area contributed by atoms with Gasteiger partial charge >= 0.3 is 0 Å². The van der Waals surface area contributed by atoms with Gasteiger partial charge in [-0.25, -0.2) is 23.1 Å². The summed E-state index contributed by atoms with van der Waals surface area (Å²) >= 11 is 7.57. The molecule has 39 heavy (non-hydrogen) atoms. The fraction of sp³-hybridized carbons (Fsp3) is 0.370. The van der Waals surface area contributed by atoms with Gasteiger partial charge in [-0.15, -0.1) is 11.3 Å². The first-order chi connectivity index (χ1) is 18.9. The highest BCUT2D eigenvalue weighted by atomic mass is 35.5. The number of thiazole rings is 1. The number of anilines is 2. The van der Waals surface area contributed by atoms with Gasteiger partial charge in [0, 0.05) is 48.9 Å². The molecule has 2 aliphatic rings. The van der Waals surface area contributed by atoms with Crippen LogP contribution in [0.1, 0.15) is 18.5 Å². The number of hydrogen-bond acceptors (Lipinski definition) is 9. The van der Waals surface area contributed by atoms with E-state index in [1.165, 1.54) is 11.3 Å². The largest absolute Gasteiger partial charge is 0.378 e. The minimum atomic E-state index is -3.75. The maximum absolute atomic E-state index is 13.4. The van der Waals surface area contributed by atoms with E-state index in [0.29, 0.717) is 30.5 Å². The second-order valence-corrected chi connectivity index (χ2v) is 13.0. The van der Waals surface area contributed by atoms with E-state index in [1.807, 2.05) is 42.5 Å². The first kappa shape index (κ1) is 26.4. The number of sulfonamides is 1. The predicted molar refractivity (Wildman–Crippen MR) is 155 cm³/mol. The summed E-state index contributed by atoms with van der Waals surface area (Å²) in [5, 5.41) is 1.76. The standard InChI is InChI=1S/C27H29ClN6O3S2/c1-18-26(38-25(29-18)19-6-3-2-4-7-19)39(35,36)32-20-8-5-11-34(17-20)24-22-10-9-21(33-12-14-37-15-13-33)16-23(22)30-27(28)31-24/h2-4,6-7,9-10,16,20,32H,5,8,11-15,17H2,1H3. The van der Waals surface area contributed by atoms with Gasteiger partial charge in [-0.2, -0.15) is 4.98 Å². The van der Waals surface area contributed by atoms with E-state index >= 15 is 0 Å². The van der Waals surface area contributed by atoms with Crippen molar-refractivity contribution in [2.24, 2.45) is 0 Å². The molecule has 0 amide bonds. The zero-order chi connectivity index (χ0) is 27.0. The van der Waals surface area contributed by atoms with Crippen molar-refractivity contribution in [2.75, 3.05) is 49.2 Å². The number of hydrogen-bond donors (Lipinski definition) is 1. The molecule has 6 rings (SSSR count).